The summed E-state index contributed by atoms with van der Waals surface area (Å²) in [5, 5.41) is 10.2. The van der Waals surface area contributed by atoms with Gasteiger partial charge in [-0.1, -0.05) is 30.3 Å². The average molecular weight is 244 g/mol. The highest BCUT2D eigenvalue weighted by molar-refractivity contribution is 5.38. The third-order valence-corrected chi connectivity index (χ3v) is 3.24. The molecule has 1 aliphatic heterocycles. The van der Waals surface area contributed by atoms with Gasteiger partial charge in [0.2, 0.25) is 0 Å². The predicted octanol–water partition coefficient (Wildman–Crippen LogP) is 2.86. The van der Waals surface area contributed by atoms with Crippen LogP contribution in [0.5, 0.6) is 5.75 Å². The lowest BCUT2D eigenvalue weighted by molar-refractivity contribution is 0.0492. The van der Waals surface area contributed by atoms with E-state index >= 15 is 0 Å². The topological polar surface area (TPSA) is 29.5 Å². The van der Waals surface area contributed by atoms with E-state index in [1.165, 1.54) is 12.1 Å². The Hall–Kier alpha value is -1.87. The quantitative estimate of drug-likeness (QED) is 0.880. The molecule has 2 aromatic carbocycles. The zero-order chi connectivity index (χ0) is 12.5. The molecule has 2 unspecified atom stereocenters. The molecule has 0 aromatic heterocycles. The number of benzene rings is 2. The Bertz CT molecular complexity index is 526. The molecule has 2 atom stereocenters. The van der Waals surface area contributed by atoms with Crippen molar-refractivity contribution >= 4 is 0 Å². The van der Waals surface area contributed by atoms with Crippen LogP contribution in [-0.2, 0) is 6.42 Å². The van der Waals surface area contributed by atoms with Crippen LogP contribution in [0.15, 0.2) is 48.5 Å². The fourth-order valence-corrected chi connectivity index (χ4v) is 2.26. The number of aliphatic hydroxyl groups excluding tert-OH is 1. The smallest absolute Gasteiger partial charge is 0.133 e. The van der Waals surface area contributed by atoms with E-state index in [0.29, 0.717) is 12.0 Å². The number of fused-ring (bicyclic) bond motifs is 1. The van der Waals surface area contributed by atoms with Crippen molar-refractivity contribution in [3.63, 3.8) is 0 Å². The summed E-state index contributed by atoms with van der Waals surface area (Å²) in [7, 11) is 0. The van der Waals surface area contributed by atoms with Gasteiger partial charge in [-0.2, -0.15) is 0 Å². The summed E-state index contributed by atoms with van der Waals surface area (Å²) in [5.74, 6) is 0.519. The normalized spacial score (nSPS) is 19.1. The Morgan fingerprint density at radius 3 is 2.56 bits per heavy atom. The largest absolute Gasteiger partial charge is 0.487 e. The maximum atomic E-state index is 12.8. The van der Waals surface area contributed by atoms with Gasteiger partial charge < -0.3 is 9.84 Å². The summed E-state index contributed by atoms with van der Waals surface area (Å²) < 4.78 is 18.5. The standard InChI is InChI=1S/C15H13FO2/c16-12-7-5-10(6-8-12)15(17)14-9-11-3-1-2-4-13(11)18-14/h1-8,14-15,17H,9H2. The average Bonchev–Trinajstić information content (AvgIpc) is 2.82. The van der Waals surface area contributed by atoms with Gasteiger partial charge in [0.25, 0.3) is 0 Å². The molecule has 2 aromatic rings. The molecule has 18 heavy (non-hydrogen) atoms. The first-order valence-corrected chi connectivity index (χ1v) is 5.92. The zero-order valence-electron chi connectivity index (χ0n) is 9.71. The fraction of sp³-hybridized carbons (Fsp3) is 0.200. The van der Waals surface area contributed by atoms with Crippen LogP contribution in [-0.4, -0.2) is 11.2 Å². The molecule has 3 rings (SSSR count). The lowest BCUT2D eigenvalue weighted by atomic mass is 10.0. The van der Waals surface area contributed by atoms with E-state index < -0.39 is 6.10 Å². The molecule has 0 bridgehead atoms. The van der Waals surface area contributed by atoms with E-state index in [-0.39, 0.29) is 11.9 Å². The SMILES string of the molecule is OC(c1ccc(F)cc1)C1Cc2ccccc2O1. The third-order valence-electron chi connectivity index (χ3n) is 3.24. The number of hydrogen-bond acceptors (Lipinski definition) is 2. The first-order chi connectivity index (χ1) is 8.74. The van der Waals surface area contributed by atoms with Crippen molar-refractivity contribution < 1.29 is 14.2 Å². The Morgan fingerprint density at radius 2 is 1.83 bits per heavy atom. The Balaban J connectivity index is 1.80. The maximum absolute atomic E-state index is 12.8. The minimum Gasteiger partial charge on any atom is -0.487 e. The molecule has 0 spiro atoms. The summed E-state index contributed by atoms with van der Waals surface area (Å²) in [6.07, 6.45) is -0.361. The van der Waals surface area contributed by atoms with Crippen LogP contribution in [0.1, 0.15) is 17.2 Å². The van der Waals surface area contributed by atoms with Crippen LogP contribution in [0, 0.1) is 5.82 Å². The van der Waals surface area contributed by atoms with Gasteiger partial charge >= 0.3 is 0 Å². The monoisotopic (exact) mass is 244 g/mol. The van der Waals surface area contributed by atoms with Crippen molar-refractivity contribution in [1.29, 1.82) is 0 Å². The van der Waals surface area contributed by atoms with Crippen molar-refractivity contribution in [2.24, 2.45) is 0 Å². The lowest BCUT2D eigenvalue weighted by Gasteiger charge is -2.18. The molecule has 0 aliphatic carbocycles. The molecular formula is C15H13FO2. The lowest BCUT2D eigenvalue weighted by Crippen LogP contribution is -2.23. The minimum absolute atomic E-state index is 0.298. The fourth-order valence-electron chi connectivity index (χ4n) is 2.26. The predicted molar refractivity (Wildman–Crippen MR) is 65.9 cm³/mol. The molecule has 0 amide bonds. The van der Waals surface area contributed by atoms with Gasteiger partial charge in [-0.15, -0.1) is 0 Å². The highest BCUT2D eigenvalue weighted by atomic mass is 19.1. The summed E-state index contributed by atoms with van der Waals surface area (Å²) in [4.78, 5) is 0. The molecule has 1 aliphatic rings. The number of rotatable bonds is 2. The Labute approximate surface area is 105 Å². The van der Waals surface area contributed by atoms with Gasteiger partial charge in [0, 0.05) is 6.42 Å². The molecule has 0 radical (unpaired) electrons. The molecule has 1 heterocycles. The van der Waals surface area contributed by atoms with Crippen molar-refractivity contribution in [3.8, 4) is 5.75 Å². The van der Waals surface area contributed by atoms with Crippen LogP contribution in [0.4, 0.5) is 4.39 Å². The number of para-hydroxylation sites is 1. The van der Waals surface area contributed by atoms with E-state index in [1.807, 2.05) is 24.3 Å². The first kappa shape index (κ1) is 11.2. The van der Waals surface area contributed by atoms with E-state index in [2.05, 4.69) is 0 Å². The summed E-state index contributed by atoms with van der Waals surface area (Å²) >= 11 is 0. The second kappa shape index (κ2) is 4.42. The van der Waals surface area contributed by atoms with Crippen LogP contribution >= 0.6 is 0 Å². The van der Waals surface area contributed by atoms with Gasteiger partial charge in [-0.25, -0.2) is 4.39 Å². The van der Waals surface area contributed by atoms with Crippen molar-refractivity contribution in [2.75, 3.05) is 0 Å². The van der Waals surface area contributed by atoms with Crippen LogP contribution in [0.2, 0.25) is 0 Å². The molecule has 92 valence electrons. The molecule has 2 nitrogen and oxygen atoms in total. The van der Waals surface area contributed by atoms with E-state index in [0.717, 1.165) is 11.3 Å². The highest BCUT2D eigenvalue weighted by Crippen LogP contribution is 2.33. The van der Waals surface area contributed by atoms with Crippen molar-refractivity contribution in [1.82, 2.24) is 0 Å². The van der Waals surface area contributed by atoms with Crippen LogP contribution in [0.3, 0.4) is 0 Å². The van der Waals surface area contributed by atoms with Gasteiger partial charge in [-0.3, -0.25) is 0 Å². The van der Waals surface area contributed by atoms with Gasteiger partial charge in [-0.05, 0) is 29.3 Å². The summed E-state index contributed by atoms with van der Waals surface area (Å²) in [5.41, 5.74) is 1.78. The summed E-state index contributed by atoms with van der Waals surface area (Å²) in [6, 6.07) is 13.6. The second-order valence-corrected chi connectivity index (χ2v) is 4.46. The number of hydrogen-bond donors (Lipinski definition) is 1. The molecule has 0 fully saturated rings. The van der Waals surface area contributed by atoms with Gasteiger partial charge in [0.15, 0.2) is 0 Å². The zero-order valence-corrected chi connectivity index (χ0v) is 9.71. The van der Waals surface area contributed by atoms with Crippen molar-refractivity contribution in [3.05, 3.63) is 65.5 Å². The third kappa shape index (κ3) is 1.97. The number of halogens is 1. The van der Waals surface area contributed by atoms with Crippen LogP contribution in [0.25, 0.3) is 0 Å². The van der Waals surface area contributed by atoms with Gasteiger partial charge in [0.1, 0.15) is 23.8 Å². The van der Waals surface area contributed by atoms with Crippen LogP contribution < -0.4 is 4.74 Å². The number of aliphatic hydroxyl groups is 1. The molecule has 0 saturated heterocycles. The van der Waals surface area contributed by atoms with Gasteiger partial charge in [0.05, 0.1) is 0 Å². The molecule has 1 N–H and O–H groups in total. The Morgan fingerprint density at radius 1 is 1.11 bits per heavy atom. The maximum Gasteiger partial charge on any atom is 0.133 e. The molecular weight excluding hydrogens is 231 g/mol. The number of ether oxygens (including phenoxy) is 1. The summed E-state index contributed by atoms with van der Waals surface area (Å²) in [6.45, 7) is 0. The first-order valence-electron chi connectivity index (χ1n) is 5.92. The minimum atomic E-state index is -0.738. The molecule has 3 heteroatoms. The van der Waals surface area contributed by atoms with E-state index in [1.54, 1.807) is 12.1 Å². The second-order valence-electron chi connectivity index (χ2n) is 4.46. The van der Waals surface area contributed by atoms with E-state index in [9.17, 15) is 9.50 Å². The Kier molecular flexibility index (Phi) is 2.76. The molecule has 0 saturated carbocycles. The van der Waals surface area contributed by atoms with Crippen molar-refractivity contribution in [2.45, 2.75) is 18.6 Å². The highest BCUT2D eigenvalue weighted by Gasteiger charge is 2.29. The van der Waals surface area contributed by atoms with E-state index in [4.69, 9.17) is 4.74 Å².